The fourth-order valence-electron chi connectivity index (χ4n) is 0.383. The van der Waals surface area contributed by atoms with Crippen LogP contribution in [-0.4, -0.2) is 16.9 Å². The molecule has 0 radical (unpaired) electrons. The molecule has 1 heterocycles. The monoisotopic (exact) mass is 110 g/mol. The zero-order valence-corrected chi connectivity index (χ0v) is 3.97. The first-order valence-electron chi connectivity index (χ1n) is 2.07. The number of aromatic nitrogens is 2. The maximum atomic E-state index is 10.2. The van der Waals surface area contributed by atoms with Gasteiger partial charge in [0.15, 0.2) is 0 Å². The molecule has 0 spiro atoms. The van der Waals surface area contributed by atoms with Crippen LogP contribution in [0.4, 0.5) is 0 Å². The Morgan fingerprint density at radius 1 is 1.50 bits per heavy atom. The van der Waals surface area contributed by atoms with Crippen molar-refractivity contribution in [2.75, 3.05) is 0 Å². The third-order valence-corrected chi connectivity index (χ3v) is 0.686. The maximum absolute atomic E-state index is 10.2. The molecule has 0 fully saturated rings. The average Bonchev–Trinajstić information content (AvgIpc) is 1.64. The van der Waals surface area contributed by atoms with Crippen molar-refractivity contribution < 1.29 is 0 Å². The summed E-state index contributed by atoms with van der Waals surface area (Å²) in [5, 5.41) is 0. The number of nitrogens with one attached hydrogen (secondary N) is 2. The molecule has 1 aromatic rings. The van der Waals surface area contributed by atoms with Gasteiger partial charge in [0, 0.05) is 0 Å². The molecule has 4 nitrogen and oxygen atoms in total. The van der Waals surface area contributed by atoms with Crippen molar-refractivity contribution in [3.8, 4) is 0 Å². The first kappa shape index (κ1) is 5.02. The third kappa shape index (κ3) is 0.929. The number of rotatable bonds is 0. The summed E-state index contributed by atoms with van der Waals surface area (Å²) in [5.74, 6) is 0. The second-order valence-electron chi connectivity index (χ2n) is 1.30. The van der Waals surface area contributed by atoms with Crippen LogP contribution in [0.3, 0.4) is 0 Å². The van der Waals surface area contributed by atoms with E-state index in [-0.39, 0.29) is 5.45 Å². The van der Waals surface area contributed by atoms with Crippen molar-refractivity contribution in [1.29, 1.82) is 0 Å². The van der Waals surface area contributed by atoms with E-state index in [0.29, 0.717) is 0 Å². The van der Waals surface area contributed by atoms with Crippen LogP contribution in [0, 0.1) is 0 Å². The fourth-order valence-corrected chi connectivity index (χ4v) is 0.383. The van der Waals surface area contributed by atoms with Gasteiger partial charge in [0.25, 0.3) is 0 Å². The average molecular weight is 110 g/mol. The first-order valence-corrected chi connectivity index (χ1v) is 2.07. The summed E-state index contributed by atoms with van der Waals surface area (Å²) in [7, 11) is 0. The van der Waals surface area contributed by atoms with Crippen molar-refractivity contribution in [2.24, 2.45) is 0 Å². The molecule has 0 saturated carbocycles. The van der Waals surface area contributed by atoms with Crippen LogP contribution < -0.4 is 11.1 Å². The van der Waals surface area contributed by atoms with E-state index in [2.05, 4.69) is 4.98 Å². The Bertz CT molecular complexity index is 250. The van der Waals surface area contributed by atoms with Crippen LogP contribution in [-0.2, 0) is 0 Å². The molecule has 0 aliphatic heterocycles. The van der Waals surface area contributed by atoms with Crippen LogP contribution in [0.5, 0.6) is 0 Å². The zero-order chi connectivity index (χ0) is 5.98. The molecule has 1 aromatic heterocycles. The molecular formula is C3H3BN2O2. The van der Waals surface area contributed by atoms with E-state index in [9.17, 15) is 9.59 Å². The van der Waals surface area contributed by atoms with Gasteiger partial charge in [0.1, 0.15) is 0 Å². The molecule has 5 heteroatoms. The molecule has 0 saturated heterocycles. The molecule has 0 aliphatic carbocycles. The van der Waals surface area contributed by atoms with Gasteiger partial charge in [-0.15, -0.1) is 0 Å². The Balaban J connectivity index is 3.50. The van der Waals surface area contributed by atoms with Gasteiger partial charge in [-0.3, -0.25) is 0 Å². The molecule has 0 amide bonds. The molecule has 2 N–H and O–H groups in total. The number of hydrogen-bond donors (Lipinski definition) is 2. The Morgan fingerprint density at radius 2 is 2.25 bits per heavy atom. The molecule has 0 aromatic carbocycles. The fraction of sp³-hybridized carbons (Fsp3) is 0. The van der Waals surface area contributed by atoms with Gasteiger partial charge in [-0.25, -0.2) is 0 Å². The van der Waals surface area contributed by atoms with Gasteiger partial charge in [0.05, 0.1) is 0 Å². The van der Waals surface area contributed by atoms with Crippen molar-refractivity contribution in [2.45, 2.75) is 0 Å². The summed E-state index contributed by atoms with van der Waals surface area (Å²) in [6.07, 6.45) is 1.29. The topological polar surface area (TPSA) is 65.7 Å². The molecule has 0 bridgehead atoms. The quantitative estimate of drug-likeness (QED) is 0.422. The van der Waals surface area contributed by atoms with Gasteiger partial charge < -0.3 is 0 Å². The summed E-state index contributed by atoms with van der Waals surface area (Å²) >= 11 is 0. The summed E-state index contributed by atoms with van der Waals surface area (Å²) in [4.78, 5) is 24.7. The molecule has 0 atom stereocenters. The summed E-state index contributed by atoms with van der Waals surface area (Å²) in [6, 6.07) is 0. The van der Waals surface area contributed by atoms with E-state index < -0.39 is 5.69 Å². The van der Waals surface area contributed by atoms with Crippen LogP contribution in [0.1, 0.15) is 0 Å². The van der Waals surface area contributed by atoms with Gasteiger partial charge in [-0.2, -0.15) is 0 Å². The zero-order valence-electron chi connectivity index (χ0n) is 3.97. The molecule has 0 aliphatic rings. The third-order valence-electron chi connectivity index (χ3n) is 0.686. The molecule has 40 valence electrons. The van der Waals surface area contributed by atoms with Crippen LogP contribution >= 0.6 is 0 Å². The van der Waals surface area contributed by atoms with E-state index in [1.165, 1.54) is 13.0 Å². The van der Waals surface area contributed by atoms with E-state index in [1.807, 2.05) is 4.98 Å². The predicted molar refractivity (Wildman–Crippen MR) is 29.0 cm³/mol. The number of hydrogen-bond acceptors (Lipinski definition) is 2. The summed E-state index contributed by atoms with van der Waals surface area (Å²) < 4.78 is 0. The summed E-state index contributed by atoms with van der Waals surface area (Å²) in [6.45, 7) is 1.24. The van der Waals surface area contributed by atoms with E-state index in [4.69, 9.17) is 0 Å². The second kappa shape index (κ2) is 1.77. The van der Waals surface area contributed by atoms with Gasteiger partial charge in [-0.1, -0.05) is 0 Å². The van der Waals surface area contributed by atoms with Crippen molar-refractivity contribution in [3.05, 3.63) is 26.8 Å². The SMILES string of the molecule is O=c1bc[nH]c(=O)[nH]1. The van der Waals surface area contributed by atoms with Gasteiger partial charge in [-0.05, 0) is 0 Å². The van der Waals surface area contributed by atoms with E-state index >= 15 is 0 Å². The number of aromatic amines is 2. The minimum absolute atomic E-state index is 0.381. The second-order valence-corrected chi connectivity index (χ2v) is 1.30. The van der Waals surface area contributed by atoms with E-state index in [0.717, 1.165) is 0 Å². The normalized spacial score (nSPS) is 8.50. The molecule has 1 rings (SSSR count). The standard InChI is InChI=1S/C3H3BN2O2/c7-2-4-1-5-3(8)6-2/h1H,(H2,5,6,7,8). The Kier molecular flexibility index (Phi) is 1.11. The Labute approximate surface area is 44.8 Å². The first-order chi connectivity index (χ1) is 3.79. The van der Waals surface area contributed by atoms with Gasteiger partial charge >= 0.3 is 43.7 Å². The van der Waals surface area contributed by atoms with Crippen LogP contribution in [0.25, 0.3) is 0 Å². The molecular weight excluding hydrogens is 107 g/mol. The van der Waals surface area contributed by atoms with Crippen LogP contribution in [0.15, 0.2) is 15.7 Å². The van der Waals surface area contributed by atoms with Crippen molar-refractivity contribution >= 4 is 6.91 Å². The van der Waals surface area contributed by atoms with Gasteiger partial charge in [0.2, 0.25) is 0 Å². The number of H-pyrrole nitrogens is 2. The summed E-state index contributed by atoms with van der Waals surface area (Å²) in [5.41, 5.74) is -0.855. The molecule has 8 heavy (non-hydrogen) atoms. The molecule has 0 unspecified atom stereocenters. The van der Waals surface area contributed by atoms with Crippen LogP contribution in [0.2, 0.25) is 0 Å². The Hall–Kier alpha value is -1.13. The van der Waals surface area contributed by atoms with E-state index in [1.54, 1.807) is 0 Å². The Morgan fingerprint density at radius 3 is 2.62 bits per heavy atom. The van der Waals surface area contributed by atoms with Crippen molar-refractivity contribution in [1.82, 2.24) is 9.97 Å². The van der Waals surface area contributed by atoms with Crippen molar-refractivity contribution in [3.63, 3.8) is 0 Å². The predicted octanol–water partition coefficient (Wildman–Crippen LogP) is -1.60. The minimum atomic E-state index is -0.475.